The standard InChI is InChI=1S/C13H11ClF3N3O/c14-9-5-8(13(15,16)17)3-4-10(9)18-6-11-19-20-12(21-11)7-1-2-7/h3-5,7,18H,1-2,6H2. The van der Waals surface area contributed by atoms with E-state index in [-0.39, 0.29) is 11.6 Å². The maximum Gasteiger partial charge on any atom is 0.416 e. The van der Waals surface area contributed by atoms with Gasteiger partial charge in [0.05, 0.1) is 22.8 Å². The maximum atomic E-state index is 12.5. The zero-order valence-corrected chi connectivity index (χ0v) is 11.5. The van der Waals surface area contributed by atoms with Crippen LogP contribution in [0.1, 0.15) is 36.1 Å². The highest BCUT2D eigenvalue weighted by Crippen LogP contribution is 2.39. The molecule has 1 N–H and O–H groups in total. The Bertz CT molecular complexity index is 652. The van der Waals surface area contributed by atoms with Crippen molar-refractivity contribution in [2.24, 2.45) is 0 Å². The first kappa shape index (κ1) is 14.2. The number of benzene rings is 1. The van der Waals surface area contributed by atoms with Crippen LogP contribution in [0, 0.1) is 0 Å². The molecule has 2 aromatic rings. The first-order valence-corrected chi connectivity index (χ1v) is 6.74. The van der Waals surface area contributed by atoms with Crippen LogP contribution in [0.15, 0.2) is 22.6 Å². The summed E-state index contributed by atoms with van der Waals surface area (Å²) in [6.45, 7) is 0.213. The normalized spacial score (nSPS) is 15.2. The van der Waals surface area contributed by atoms with Crippen LogP contribution in [0.25, 0.3) is 0 Å². The van der Waals surface area contributed by atoms with E-state index in [1.807, 2.05) is 0 Å². The molecule has 1 aliphatic rings. The molecule has 0 radical (unpaired) electrons. The van der Waals surface area contributed by atoms with Gasteiger partial charge in [-0.3, -0.25) is 0 Å². The maximum absolute atomic E-state index is 12.5. The van der Waals surface area contributed by atoms with Gasteiger partial charge < -0.3 is 9.73 Å². The zero-order valence-electron chi connectivity index (χ0n) is 10.7. The summed E-state index contributed by atoms with van der Waals surface area (Å²) >= 11 is 5.84. The van der Waals surface area contributed by atoms with Crippen LogP contribution in [0.5, 0.6) is 0 Å². The van der Waals surface area contributed by atoms with Crippen LogP contribution in [0.2, 0.25) is 5.02 Å². The van der Waals surface area contributed by atoms with E-state index in [1.54, 1.807) is 0 Å². The third kappa shape index (κ3) is 3.29. The van der Waals surface area contributed by atoms with Crippen molar-refractivity contribution < 1.29 is 17.6 Å². The van der Waals surface area contributed by atoms with Crippen molar-refractivity contribution in [1.29, 1.82) is 0 Å². The molecule has 1 fully saturated rings. The van der Waals surface area contributed by atoms with Gasteiger partial charge in [-0.15, -0.1) is 10.2 Å². The van der Waals surface area contributed by atoms with Crippen LogP contribution in [-0.4, -0.2) is 10.2 Å². The summed E-state index contributed by atoms with van der Waals surface area (Å²) in [5.41, 5.74) is -0.400. The molecule has 1 aromatic carbocycles. The Morgan fingerprint density at radius 2 is 2.05 bits per heavy atom. The largest absolute Gasteiger partial charge is 0.423 e. The fourth-order valence-corrected chi connectivity index (χ4v) is 2.09. The van der Waals surface area contributed by atoms with Gasteiger partial charge in [-0.1, -0.05) is 11.6 Å². The quantitative estimate of drug-likeness (QED) is 0.916. The Labute approximate surface area is 123 Å². The first-order chi connectivity index (χ1) is 9.93. The highest BCUT2D eigenvalue weighted by atomic mass is 35.5. The summed E-state index contributed by atoms with van der Waals surface area (Å²) in [6, 6.07) is 3.13. The van der Waals surface area contributed by atoms with E-state index in [1.165, 1.54) is 6.07 Å². The number of alkyl halides is 3. The summed E-state index contributed by atoms with van der Waals surface area (Å²) < 4.78 is 43.0. The number of halogens is 4. The molecule has 0 atom stereocenters. The monoisotopic (exact) mass is 317 g/mol. The number of hydrogen-bond acceptors (Lipinski definition) is 4. The van der Waals surface area contributed by atoms with Crippen molar-refractivity contribution in [2.75, 3.05) is 5.32 Å². The number of hydrogen-bond donors (Lipinski definition) is 1. The molecular weight excluding hydrogens is 307 g/mol. The van der Waals surface area contributed by atoms with Crippen LogP contribution in [-0.2, 0) is 12.7 Å². The van der Waals surface area contributed by atoms with Crippen LogP contribution < -0.4 is 5.32 Å². The second-order valence-corrected chi connectivity index (χ2v) is 5.26. The fraction of sp³-hybridized carbons (Fsp3) is 0.385. The van der Waals surface area contributed by atoms with E-state index in [4.69, 9.17) is 16.0 Å². The highest BCUT2D eigenvalue weighted by molar-refractivity contribution is 6.33. The fourth-order valence-electron chi connectivity index (χ4n) is 1.84. The van der Waals surface area contributed by atoms with Gasteiger partial charge >= 0.3 is 6.18 Å². The summed E-state index contributed by atoms with van der Waals surface area (Å²) in [5, 5.41) is 10.7. The Morgan fingerprint density at radius 3 is 2.67 bits per heavy atom. The molecule has 1 heterocycles. The molecule has 1 aliphatic carbocycles. The van der Waals surface area contributed by atoms with Crippen molar-refractivity contribution in [3.63, 3.8) is 0 Å². The SMILES string of the molecule is FC(F)(F)c1ccc(NCc2nnc(C3CC3)o2)c(Cl)c1. The van der Waals surface area contributed by atoms with Gasteiger partial charge in [-0.05, 0) is 31.0 Å². The molecule has 1 aromatic heterocycles. The lowest BCUT2D eigenvalue weighted by Crippen LogP contribution is -2.06. The predicted molar refractivity (Wildman–Crippen MR) is 70.1 cm³/mol. The molecule has 0 amide bonds. The second kappa shape index (κ2) is 5.22. The zero-order chi connectivity index (χ0) is 15.0. The van der Waals surface area contributed by atoms with Gasteiger partial charge in [-0.2, -0.15) is 13.2 Å². The Hall–Kier alpha value is -1.76. The van der Waals surface area contributed by atoms with E-state index in [0.717, 1.165) is 25.0 Å². The number of aromatic nitrogens is 2. The van der Waals surface area contributed by atoms with Crippen molar-refractivity contribution in [3.8, 4) is 0 Å². The van der Waals surface area contributed by atoms with Crippen LogP contribution in [0.4, 0.5) is 18.9 Å². The Balaban J connectivity index is 1.66. The molecule has 3 rings (SSSR count). The number of nitrogens with one attached hydrogen (secondary N) is 1. The van der Waals surface area contributed by atoms with Gasteiger partial charge in [0.1, 0.15) is 0 Å². The van der Waals surface area contributed by atoms with Gasteiger partial charge in [0.2, 0.25) is 11.8 Å². The minimum absolute atomic E-state index is 0.00763. The molecule has 8 heteroatoms. The average Bonchev–Trinajstić information content (AvgIpc) is 3.16. The van der Waals surface area contributed by atoms with Gasteiger partial charge in [0, 0.05) is 5.92 Å². The van der Waals surface area contributed by atoms with Crippen molar-refractivity contribution in [1.82, 2.24) is 10.2 Å². The van der Waals surface area contributed by atoms with Crippen LogP contribution >= 0.6 is 11.6 Å². The summed E-state index contributed by atoms with van der Waals surface area (Å²) in [5.74, 6) is 1.36. The van der Waals surface area contributed by atoms with Crippen molar-refractivity contribution >= 4 is 17.3 Å². The lowest BCUT2D eigenvalue weighted by molar-refractivity contribution is -0.137. The van der Waals surface area contributed by atoms with E-state index in [9.17, 15) is 13.2 Å². The van der Waals surface area contributed by atoms with E-state index < -0.39 is 11.7 Å². The number of rotatable bonds is 4. The summed E-state index contributed by atoms with van der Waals surface area (Å²) in [6.07, 6.45) is -2.30. The lowest BCUT2D eigenvalue weighted by atomic mass is 10.2. The lowest BCUT2D eigenvalue weighted by Gasteiger charge is -2.10. The molecule has 0 saturated heterocycles. The van der Waals surface area contributed by atoms with E-state index in [2.05, 4.69) is 15.5 Å². The van der Waals surface area contributed by atoms with Gasteiger partial charge in [0.25, 0.3) is 0 Å². The molecular formula is C13H11ClF3N3O. The molecule has 0 bridgehead atoms. The van der Waals surface area contributed by atoms with Crippen LogP contribution in [0.3, 0.4) is 0 Å². The second-order valence-electron chi connectivity index (χ2n) is 4.85. The summed E-state index contributed by atoms with van der Waals surface area (Å²) in [4.78, 5) is 0. The summed E-state index contributed by atoms with van der Waals surface area (Å²) in [7, 11) is 0. The first-order valence-electron chi connectivity index (χ1n) is 6.36. The molecule has 1 saturated carbocycles. The molecule has 112 valence electrons. The molecule has 0 unspecified atom stereocenters. The van der Waals surface area contributed by atoms with E-state index >= 15 is 0 Å². The van der Waals surface area contributed by atoms with E-state index in [0.29, 0.717) is 23.4 Å². The molecule has 4 nitrogen and oxygen atoms in total. The van der Waals surface area contributed by atoms with Crippen molar-refractivity contribution in [2.45, 2.75) is 31.5 Å². The molecule has 21 heavy (non-hydrogen) atoms. The third-order valence-electron chi connectivity index (χ3n) is 3.14. The third-order valence-corrected chi connectivity index (χ3v) is 3.45. The minimum atomic E-state index is -4.41. The van der Waals surface area contributed by atoms with Gasteiger partial charge in [0.15, 0.2) is 0 Å². The molecule has 0 spiro atoms. The topological polar surface area (TPSA) is 51.0 Å². The number of anilines is 1. The Kier molecular flexibility index (Phi) is 3.52. The highest BCUT2D eigenvalue weighted by Gasteiger charge is 2.31. The van der Waals surface area contributed by atoms with Crippen molar-refractivity contribution in [3.05, 3.63) is 40.6 Å². The average molecular weight is 318 g/mol. The van der Waals surface area contributed by atoms with Gasteiger partial charge in [-0.25, -0.2) is 0 Å². The number of nitrogens with zero attached hydrogens (tertiary/aromatic N) is 2. The molecule has 0 aliphatic heterocycles. The Morgan fingerprint density at radius 1 is 1.29 bits per heavy atom. The smallest absolute Gasteiger partial charge is 0.416 e. The predicted octanol–water partition coefficient (Wildman–Crippen LogP) is 4.23. The minimum Gasteiger partial charge on any atom is -0.423 e.